The van der Waals surface area contributed by atoms with Crippen molar-refractivity contribution in [3.05, 3.63) is 64.2 Å². The van der Waals surface area contributed by atoms with Crippen molar-refractivity contribution in [2.75, 3.05) is 5.32 Å². The van der Waals surface area contributed by atoms with Gasteiger partial charge in [0.15, 0.2) is 0 Å². The Morgan fingerprint density at radius 1 is 1.16 bits per heavy atom. The summed E-state index contributed by atoms with van der Waals surface area (Å²) < 4.78 is 0. The second-order valence-corrected chi connectivity index (χ2v) is 5.00. The molecule has 1 aliphatic rings. The third kappa shape index (κ3) is 2.15. The molecule has 0 spiro atoms. The minimum absolute atomic E-state index is 0.0829. The first kappa shape index (κ1) is 12.0. The van der Waals surface area contributed by atoms with E-state index in [9.17, 15) is 4.79 Å². The lowest BCUT2D eigenvalue weighted by Crippen LogP contribution is -2.03. The number of carbonyl (C=O) groups excluding carboxylic acids is 1. The van der Waals surface area contributed by atoms with E-state index in [1.807, 2.05) is 49.4 Å². The summed E-state index contributed by atoms with van der Waals surface area (Å²) in [6, 6.07) is 13.4. The van der Waals surface area contributed by atoms with Crippen molar-refractivity contribution in [3.63, 3.8) is 0 Å². The van der Waals surface area contributed by atoms with Gasteiger partial charge in [0.2, 0.25) is 0 Å². The first-order valence-electron chi connectivity index (χ1n) is 6.04. The molecule has 1 N–H and O–H groups in total. The van der Waals surface area contributed by atoms with E-state index in [2.05, 4.69) is 5.32 Å². The molecule has 0 saturated carbocycles. The Bertz CT molecular complexity index is 704. The van der Waals surface area contributed by atoms with Gasteiger partial charge in [-0.05, 0) is 42.3 Å². The fourth-order valence-electron chi connectivity index (χ4n) is 2.21. The monoisotopic (exact) mass is 269 g/mol. The molecule has 3 rings (SSSR count). The average molecular weight is 270 g/mol. The number of anilines is 1. The maximum Gasteiger partial charge on any atom is 0.256 e. The first-order valence-corrected chi connectivity index (χ1v) is 6.41. The van der Waals surface area contributed by atoms with Crippen LogP contribution in [-0.4, -0.2) is 5.91 Å². The molecule has 0 aliphatic carbocycles. The molecule has 2 aromatic carbocycles. The number of aryl methyl sites for hydroxylation is 1. The fraction of sp³-hybridized carbons (Fsp3) is 0.0625. The third-order valence-corrected chi connectivity index (χ3v) is 3.49. The van der Waals surface area contributed by atoms with Crippen molar-refractivity contribution in [1.29, 1.82) is 0 Å². The van der Waals surface area contributed by atoms with Crippen LogP contribution in [0.2, 0.25) is 5.02 Å². The lowest BCUT2D eigenvalue weighted by molar-refractivity contribution is -0.110. The maximum absolute atomic E-state index is 12.0. The molecular formula is C16H12ClNO. The minimum atomic E-state index is -0.0829. The van der Waals surface area contributed by atoms with Crippen LogP contribution in [-0.2, 0) is 4.79 Å². The molecular weight excluding hydrogens is 258 g/mol. The molecule has 0 bridgehead atoms. The fourth-order valence-corrected chi connectivity index (χ4v) is 2.38. The molecule has 0 saturated heterocycles. The summed E-state index contributed by atoms with van der Waals surface area (Å²) in [5.41, 5.74) is 4.51. The van der Waals surface area contributed by atoms with Crippen LogP contribution in [0.4, 0.5) is 5.69 Å². The topological polar surface area (TPSA) is 29.1 Å². The van der Waals surface area contributed by atoms with E-state index in [1.165, 1.54) is 0 Å². The predicted molar refractivity (Wildman–Crippen MR) is 79.1 cm³/mol. The molecule has 1 aliphatic heterocycles. The molecule has 0 unspecified atom stereocenters. The van der Waals surface area contributed by atoms with Gasteiger partial charge < -0.3 is 5.32 Å². The van der Waals surface area contributed by atoms with Gasteiger partial charge in [0.25, 0.3) is 5.91 Å². The van der Waals surface area contributed by atoms with Crippen molar-refractivity contribution in [3.8, 4) is 0 Å². The Balaban J connectivity index is 2.14. The lowest BCUT2D eigenvalue weighted by atomic mass is 10.0. The van der Waals surface area contributed by atoms with Gasteiger partial charge in [0.05, 0.1) is 0 Å². The second kappa shape index (κ2) is 4.56. The van der Waals surface area contributed by atoms with Crippen LogP contribution in [0.3, 0.4) is 0 Å². The van der Waals surface area contributed by atoms with Crippen molar-refractivity contribution >= 4 is 34.8 Å². The number of rotatable bonds is 1. The Morgan fingerprint density at radius 2 is 1.95 bits per heavy atom. The molecule has 0 atom stereocenters. The van der Waals surface area contributed by atoms with E-state index in [-0.39, 0.29) is 5.91 Å². The lowest BCUT2D eigenvalue weighted by Gasteiger charge is -2.02. The van der Waals surface area contributed by atoms with Gasteiger partial charge in [0, 0.05) is 21.8 Å². The van der Waals surface area contributed by atoms with Crippen molar-refractivity contribution in [2.24, 2.45) is 0 Å². The molecule has 19 heavy (non-hydrogen) atoms. The van der Waals surface area contributed by atoms with E-state index < -0.39 is 0 Å². The minimum Gasteiger partial charge on any atom is -0.321 e. The molecule has 1 amide bonds. The summed E-state index contributed by atoms with van der Waals surface area (Å²) in [6.45, 7) is 2.03. The van der Waals surface area contributed by atoms with Gasteiger partial charge in [-0.2, -0.15) is 0 Å². The Morgan fingerprint density at radius 3 is 2.74 bits per heavy atom. The predicted octanol–water partition coefficient (Wildman–Crippen LogP) is 4.14. The van der Waals surface area contributed by atoms with Crippen LogP contribution >= 0.6 is 11.6 Å². The number of carbonyl (C=O) groups is 1. The van der Waals surface area contributed by atoms with E-state index >= 15 is 0 Å². The van der Waals surface area contributed by atoms with Gasteiger partial charge in [-0.15, -0.1) is 0 Å². The largest absolute Gasteiger partial charge is 0.321 e. The zero-order chi connectivity index (χ0) is 13.4. The van der Waals surface area contributed by atoms with Crippen LogP contribution in [0.15, 0.2) is 42.5 Å². The van der Waals surface area contributed by atoms with Crippen LogP contribution < -0.4 is 5.32 Å². The molecule has 3 heteroatoms. The number of hydrogen-bond donors (Lipinski definition) is 1. The number of hydrogen-bond acceptors (Lipinski definition) is 1. The van der Waals surface area contributed by atoms with E-state index in [0.717, 1.165) is 22.4 Å². The van der Waals surface area contributed by atoms with Crippen molar-refractivity contribution in [2.45, 2.75) is 6.92 Å². The molecule has 0 aromatic heterocycles. The van der Waals surface area contributed by atoms with Crippen LogP contribution in [0.5, 0.6) is 0 Å². The van der Waals surface area contributed by atoms with Gasteiger partial charge in [-0.3, -0.25) is 4.79 Å². The summed E-state index contributed by atoms with van der Waals surface area (Å²) in [6.07, 6.45) is 1.91. The third-order valence-electron chi connectivity index (χ3n) is 3.25. The summed E-state index contributed by atoms with van der Waals surface area (Å²) >= 11 is 6.00. The summed E-state index contributed by atoms with van der Waals surface area (Å²) in [5.74, 6) is -0.0829. The summed E-state index contributed by atoms with van der Waals surface area (Å²) in [5, 5.41) is 3.48. The zero-order valence-corrected chi connectivity index (χ0v) is 11.2. The highest BCUT2D eigenvalue weighted by Crippen LogP contribution is 2.35. The van der Waals surface area contributed by atoms with E-state index in [4.69, 9.17) is 11.6 Å². The van der Waals surface area contributed by atoms with Crippen molar-refractivity contribution in [1.82, 2.24) is 0 Å². The van der Waals surface area contributed by atoms with Gasteiger partial charge in [0.1, 0.15) is 0 Å². The number of halogens is 1. The SMILES string of the molecule is Cc1ccccc1C=C1C(=O)Nc2ccc(Cl)cc21. The van der Waals surface area contributed by atoms with E-state index in [0.29, 0.717) is 10.6 Å². The Labute approximate surface area is 116 Å². The van der Waals surface area contributed by atoms with Gasteiger partial charge in [-0.1, -0.05) is 35.9 Å². The quantitative estimate of drug-likeness (QED) is 0.775. The molecule has 2 nitrogen and oxygen atoms in total. The van der Waals surface area contributed by atoms with E-state index in [1.54, 1.807) is 6.07 Å². The number of nitrogens with one attached hydrogen (secondary N) is 1. The average Bonchev–Trinajstić information content (AvgIpc) is 2.69. The smallest absolute Gasteiger partial charge is 0.256 e. The second-order valence-electron chi connectivity index (χ2n) is 4.56. The Hall–Kier alpha value is -2.06. The van der Waals surface area contributed by atoms with Crippen LogP contribution in [0.1, 0.15) is 16.7 Å². The number of benzene rings is 2. The summed E-state index contributed by atoms with van der Waals surface area (Å²) in [4.78, 5) is 12.0. The van der Waals surface area contributed by atoms with Gasteiger partial charge >= 0.3 is 0 Å². The normalized spacial score (nSPS) is 15.5. The highest BCUT2D eigenvalue weighted by molar-refractivity contribution is 6.36. The van der Waals surface area contributed by atoms with Crippen LogP contribution in [0, 0.1) is 6.92 Å². The highest BCUT2D eigenvalue weighted by Gasteiger charge is 2.24. The molecule has 0 fully saturated rings. The van der Waals surface area contributed by atoms with Crippen molar-refractivity contribution < 1.29 is 4.79 Å². The molecule has 0 radical (unpaired) electrons. The number of fused-ring (bicyclic) bond motifs is 1. The first-order chi connectivity index (χ1) is 9.15. The summed E-state index contributed by atoms with van der Waals surface area (Å²) in [7, 11) is 0. The maximum atomic E-state index is 12.0. The molecule has 2 aromatic rings. The Kier molecular flexibility index (Phi) is 2.88. The standard InChI is InChI=1S/C16H12ClNO/c1-10-4-2-3-5-11(10)8-14-13-9-12(17)6-7-15(13)18-16(14)19/h2-9H,1H3,(H,18,19). The number of amides is 1. The zero-order valence-electron chi connectivity index (χ0n) is 10.4. The van der Waals surface area contributed by atoms with Gasteiger partial charge in [-0.25, -0.2) is 0 Å². The van der Waals surface area contributed by atoms with Crippen LogP contribution in [0.25, 0.3) is 11.6 Å². The highest BCUT2D eigenvalue weighted by atomic mass is 35.5. The molecule has 94 valence electrons. The molecule has 1 heterocycles.